The Morgan fingerprint density at radius 2 is 1.88 bits per heavy atom. The van der Waals surface area contributed by atoms with E-state index >= 15 is 0 Å². The van der Waals surface area contributed by atoms with E-state index in [1.165, 1.54) is 37.7 Å². The Kier molecular flexibility index (Phi) is 7.35. The lowest BCUT2D eigenvalue weighted by molar-refractivity contribution is -0.124. The lowest BCUT2D eigenvalue weighted by atomic mass is 9.95. The summed E-state index contributed by atoms with van der Waals surface area (Å²) in [6.07, 6.45) is 6.03. The first-order valence-electron chi connectivity index (χ1n) is 8.45. The predicted molar refractivity (Wildman–Crippen MR) is 99.6 cm³/mol. The molecule has 1 saturated carbocycles. The van der Waals surface area contributed by atoms with E-state index in [1.807, 2.05) is 0 Å². The molecule has 1 aliphatic rings. The van der Waals surface area contributed by atoms with Crippen molar-refractivity contribution in [3.8, 4) is 0 Å². The molecule has 6 heteroatoms. The van der Waals surface area contributed by atoms with Gasteiger partial charge in [0.05, 0.1) is 22.3 Å². The number of benzene rings is 1. The number of anilines is 1. The number of halogens is 2. The molecule has 4 nitrogen and oxygen atoms in total. The summed E-state index contributed by atoms with van der Waals surface area (Å²) in [4.78, 5) is 20.2. The number of hydroxylamine groups is 1. The third kappa shape index (κ3) is 5.09. The summed E-state index contributed by atoms with van der Waals surface area (Å²) in [5.41, 5.74) is 0.604. The Morgan fingerprint density at radius 3 is 2.50 bits per heavy atom. The molecule has 2 rings (SSSR count). The van der Waals surface area contributed by atoms with Crippen LogP contribution in [0.25, 0.3) is 0 Å². The quantitative estimate of drug-likeness (QED) is 0.550. The third-order valence-corrected chi connectivity index (χ3v) is 5.36. The highest BCUT2D eigenvalue weighted by molar-refractivity contribution is 6.42. The molecule has 0 heterocycles. The molecule has 134 valence electrons. The van der Waals surface area contributed by atoms with Crippen LogP contribution in [-0.4, -0.2) is 37.6 Å². The molecule has 1 aliphatic carbocycles. The van der Waals surface area contributed by atoms with Crippen LogP contribution in [0.5, 0.6) is 0 Å². The fraction of sp³-hybridized carbons (Fsp3) is 0.611. The van der Waals surface area contributed by atoms with Gasteiger partial charge >= 0.3 is 0 Å². The van der Waals surface area contributed by atoms with Gasteiger partial charge in [-0.05, 0) is 45.1 Å². The van der Waals surface area contributed by atoms with Crippen LogP contribution in [0, 0.1) is 5.92 Å². The first kappa shape index (κ1) is 19.5. The summed E-state index contributed by atoms with van der Waals surface area (Å²) in [5, 5.41) is 2.19. The van der Waals surface area contributed by atoms with Gasteiger partial charge in [-0.1, -0.05) is 42.5 Å². The van der Waals surface area contributed by atoms with Gasteiger partial charge in [0.15, 0.2) is 0 Å². The molecule has 0 aromatic heterocycles. The van der Waals surface area contributed by atoms with E-state index < -0.39 is 0 Å². The van der Waals surface area contributed by atoms with Crippen molar-refractivity contribution >= 4 is 34.8 Å². The molecule has 0 bridgehead atoms. The molecule has 1 fully saturated rings. The highest BCUT2D eigenvalue weighted by Gasteiger charge is 2.27. The van der Waals surface area contributed by atoms with Gasteiger partial charge in [0.2, 0.25) is 5.91 Å². The molecular formula is C18H26Cl2N2O2. The molecule has 0 N–H and O–H groups in total. The fourth-order valence-corrected chi connectivity index (χ4v) is 3.66. The molecule has 1 amide bonds. The summed E-state index contributed by atoms with van der Waals surface area (Å²) in [6, 6.07) is 5.55. The van der Waals surface area contributed by atoms with Gasteiger partial charge < -0.3 is 4.90 Å². The summed E-state index contributed by atoms with van der Waals surface area (Å²) >= 11 is 12.0. The number of nitrogens with zero attached hydrogens (tertiary/aromatic N) is 2. The van der Waals surface area contributed by atoms with E-state index in [0.717, 1.165) is 6.42 Å². The molecule has 0 spiro atoms. The second-order valence-electron chi connectivity index (χ2n) is 6.64. The van der Waals surface area contributed by atoms with Crippen LogP contribution in [0.1, 0.15) is 39.0 Å². The number of hydrogen-bond acceptors (Lipinski definition) is 3. The van der Waals surface area contributed by atoms with Crippen molar-refractivity contribution in [3.63, 3.8) is 0 Å². The minimum atomic E-state index is -0.177. The first-order chi connectivity index (χ1) is 11.4. The minimum absolute atomic E-state index is 0.177. The molecule has 1 aromatic carbocycles. The maximum absolute atomic E-state index is 12.0. The number of hydrogen-bond donors (Lipinski definition) is 0. The number of amides is 1. The van der Waals surface area contributed by atoms with Crippen LogP contribution in [0.2, 0.25) is 10.0 Å². The molecule has 0 aliphatic heterocycles. The summed E-state index contributed by atoms with van der Waals surface area (Å²) < 4.78 is 0. The molecule has 2 atom stereocenters. The van der Waals surface area contributed by atoms with Crippen molar-refractivity contribution in [2.75, 3.05) is 25.8 Å². The van der Waals surface area contributed by atoms with E-state index in [-0.39, 0.29) is 5.91 Å². The summed E-state index contributed by atoms with van der Waals surface area (Å²) in [5.74, 6) is 0.232. The second kappa shape index (κ2) is 9.04. The average molecular weight is 373 g/mol. The minimum Gasteiger partial charge on any atom is -0.306 e. The number of rotatable bonds is 5. The second-order valence-corrected chi connectivity index (χ2v) is 7.45. The van der Waals surface area contributed by atoms with Crippen molar-refractivity contribution in [2.45, 2.75) is 45.1 Å². The van der Waals surface area contributed by atoms with Crippen LogP contribution < -0.4 is 5.06 Å². The van der Waals surface area contributed by atoms with E-state index in [9.17, 15) is 4.79 Å². The van der Waals surface area contributed by atoms with Gasteiger partial charge in [0.1, 0.15) is 0 Å². The number of carbonyl (C=O) groups excluding carboxylic acids is 1. The van der Waals surface area contributed by atoms with Crippen LogP contribution in [0.4, 0.5) is 5.69 Å². The fourth-order valence-electron chi connectivity index (χ4n) is 3.37. The smallest absolute Gasteiger partial charge is 0.247 e. The average Bonchev–Trinajstić information content (AvgIpc) is 2.76. The number of carbonyl (C=O) groups is 1. The predicted octanol–water partition coefficient (Wildman–Crippen LogP) is 4.79. The lowest BCUT2D eigenvalue weighted by Gasteiger charge is -2.32. The monoisotopic (exact) mass is 372 g/mol. The van der Waals surface area contributed by atoms with Gasteiger partial charge in [-0.25, -0.2) is 0 Å². The van der Waals surface area contributed by atoms with E-state index in [0.29, 0.717) is 34.3 Å². The topological polar surface area (TPSA) is 32.8 Å². The van der Waals surface area contributed by atoms with Crippen molar-refractivity contribution < 1.29 is 9.63 Å². The van der Waals surface area contributed by atoms with Crippen molar-refractivity contribution in [1.82, 2.24) is 4.90 Å². The lowest BCUT2D eigenvalue weighted by Crippen LogP contribution is -2.39. The van der Waals surface area contributed by atoms with Crippen LogP contribution in [-0.2, 0) is 9.63 Å². The van der Waals surface area contributed by atoms with Crippen molar-refractivity contribution in [1.29, 1.82) is 0 Å². The molecule has 2 unspecified atom stereocenters. The maximum Gasteiger partial charge on any atom is 0.247 e. The Morgan fingerprint density at radius 1 is 1.17 bits per heavy atom. The van der Waals surface area contributed by atoms with Crippen molar-refractivity contribution in [3.05, 3.63) is 28.2 Å². The third-order valence-electron chi connectivity index (χ3n) is 4.62. The zero-order chi connectivity index (χ0) is 17.7. The molecule has 1 aromatic rings. The van der Waals surface area contributed by atoms with Gasteiger partial charge in [0.25, 0.3) is 0 Å². The van der Waals surface area contributed by atoms with E-state index in [2.05, 4.69) is 19.0 Å². The van der Waals surface area contributed by atoms with Gasteiger partial charge in [-0.2, -0.15) is 5.06 Å². The standard InChI is InChI=1S/C18H26Cl2N2O2/c1-13(23)22(15-9-10-16(19)17(20)11-15)24-12-14-7-5-4-6-8-18(14)21(2)3/h9-11,14,18H,4-8,12H2,1-3H3. The highest BCUT2D eigenvalue weighted by Crippen LogP contribution is 2.30. The Bertz CT molecular complexity index is 566. The van der Waals surface area contributed by atoms with Crippen LogP contribution in [0.15, 0.2) is 18.2 Å². The maximum atomic E-state index is 12.0. The largest absolute Gasteiger partial charge is 0.306 e. The zero-order valence-electron chi connectivity index (χ0n) is 14.6. The molecule has 0 radical (unpaired) electrons. The van der Waals surface area contributed by atoms with Crippen molar-refractivity contribution in [2.24, 2.45) is 5.92 Å². The zero-order valence-corrected chi connectivity index (χ0v) is 16.1. The van der Waals surface area contributed by atoms with Crippen LogP contribution in [0.3, 0.4) is 0 Å². The Hall–Kier alpha value is -0.810. The Labute approximate surface area is 154 Å². The van der Waals surface area contributed by atoms with Gasteiger partial charge in [-0.3, -0.25) is 9.63 Å². The first-order valence-corrected chi connectivity index (χ1v) is 9.21. The van der Waals surface area contributed by atoms with E-state index in [1.54, 1.807) is 18.2 Å². The molecular weight excluding hydrogens is 347 g/mol. The van der Waals surface area contributed by atoms with Crippen LogP contribution >= 0.6 is 23.2 Å². The molecule has 0 saturated heterocycles. The Balaban J connectivity index is 2.09. The van der Waals surface area contributed by atoms with E-state index in [4.69, 9.17) is 28.0 Å². The highest BCUT2D eigenvalue weighted by atomic mass is 35.5. The molecule has 24 heavy (non-hydrogen) atoms. The summed E-state index contributed by atoms with van der Waals surface area (Å²) in [6.45, 7) is 2.00. The normalized spacial score (nSPS) is 21.6. The van der Waals surface area contributed by atoms with Gasteiger partial charge in [-0.15, -0.1) is 0 Å². The van der Waals surface area contributed by atoms with Gasteiger partial charge in [0, 0.05) is 18.9 Å². The summed E-state index contributed by atoms with van der Waals surface area (Å²) in [7, 11) is 4.23. The SMILES string of the molecule is CC(=O)N(OCC1CCCCCC1N(C)C)c1ccc(Cl)c(Cl)c1.